The summed E-state index contributed by atoms with van der Waals surface area (Å²) in [5.74, 6) is 0.802. The molecule has 23 heavy (non-hydrogen) atoms. The lowest BCUT2D eigenvalue weighted by atomic mass is 9.49. The highest BCUT2D eigenvalue weighted by atomic mass is 16.6. The molecule has 0 spiro atoms. The number of carbonyl (C=O) groups excluding carboxylic acids is 1. The van der Waals surface area contributed by atoms with Crippen molar-refractivity contribution in [1.29, 1.82) is 0 Å². The average molecular weight is 313 g/mol. The number of nitro groups is 1. The van der Waals surface area contributed by atoms with Crippen LogP contribution >= 0.6 is 0 Å². The molecule has 2 bridgehead atoms. The summed E-state index contributed by atoms with van der Waals surface area (Å²) in [5.41, 5.74) is 4.02. The van der Waals surface area contributed by atoms with Crippen molar-refractivity contribution in [3.8, 4) is 0 Å². The second kappa shape index (κ2) is 5.61. The predicted octanol–water partition coefficient (Wildman–Crippen LogP) is 3.30. The molecule has 120 valence electrons. The fraction of sp³-hybridized carbons (Fsp3) is 0.412. The van der Waals surface area contributed by atoms with E-state index in [9.17, 15) is 14.9 Å². The standard InChI is InChI=1S/C17H19N3O3/c1-17(2)13-7-6-12(15(17)9-13)10-18-19-16(21)11-4-3-5-14(8-11)20(22)23/h3-6,8,10,13,15H,7,9H2,1-2H3,(H,19,21)/b18-10+. The molecule has 0 radical (unpaired) electrons. The summed E-state index contributed by atoms with van der Waals surface area (Å²) in [4.78, 5) is 22.2. The van der Waals surface area contributed by atoms with E-state index < -0.39 is 10.8 Å². The van der Waals surface area contributed by atoms with Crippen molar-refractivity contribution >= 4 is 17.8 Å². The molecule has 2 unspecified atom stereocenters. The smallest absolute Gasteiger partial charge is 0.267 e. The largest absolute Gasteiger partial charge is 0.271 e. The van der Waals surface area contributed by atoms with Crippen molar-refractivity contribution in [2.45, 2.75) is 26.7 Å². The zero-order valence-corrected chi connectivity index (χ0v) is 13.2. The summed E-state index contributed by atoms with van der Waals surface area (Å²) in [5, 5.41) is 14.8. The Kier molecular flexibility index (Phi) is 3.75. The topological polar surface area (TPSA) is 84.6 Å². The number of benzene rings is 1. The van der Waals surface area contributed by atoms with Crippen molar-refractivity contribution in [2.24, 2.45) is 22.4 Å². The fourth-order valence-corrected chi connectivity index (χ4v) is 3.54. The van der Waals surface area contributed by atoms with E-state index in [1.807, 2.05) is 0 Å². The Bertz CT molecular complexity index is 722. The Balaban J connectivity index is 1.64. The molecule has 0 aliphatic heterocycles. The average Bonchev–Trinajstić information content (AvgIpc) is 2.54. The van der Waals surface area contributed by atoms with E-state index in [1.165, 1.54) is 30.7 Å². The second-order valence-electron chi connectivity index (χ2n) is 6.75. The summed E-state index contributed by atoms with van der Waals surface area (Å²) in [6, 6.07) is 5.60. The normalized spacial score (nSPS) is 24.7. The summed E-state index contributed by atoms with van der Waals surface area (Å²) >= 11 is 0. The molecule has 0 aromatic heterocycles. The van der Waals surface area contributed by atoms with Crippen LogP contribution in [0.5, 0.6) is 0 Å². The van der Waals surface area contributed by atoms with Gasteiger partial charge in [0.15, 0.2) is 0 Å². The van der Waals surface area contributed by atoms with Crippen LogP contribution in [-0.4, -0.2) is 17.0 Å². The molecule has 1 N–H and O–H groups in total. The molecule has 2 atom stereocenters. The maximum absolute atomic E-state index is 12.0. The summed E-state index contributed by atoms with van der Waals surface area (Å²) in [7, 11) is 0. The van der Waals surface area contributed by atoms with Gasteiger partial charge in [-0.2, -0.15) is 5.10 Å². The van der Waals surface area contributed by atoms with Gasteiger partial charge in [0.1, 0.15) is 0 Å². The van der Waals surface area contributed by atoms with E-state index in [2.05, 4.69) is 30.5 Å². The van der Waals surface area contributed by atoms with Gasteiger partial charge in [0.05, 0.1) is 11.1 Å². The van der Waals surface area contributed by atoms with Crippen LogP contribution in [0.15, 0.2) is 41.0 Å². The van der Waals surface area contributed by atoms with Crippen LogP contribution in [0.3, 0.4) is 0 Å². The molecular weight excluding hydrogens is 294 g/mol. The van der Waals surface area contributed by atoms with Gasteiger partial charge in [0.2, 0.25) is 0 Å². The number of nitrogens with one attached hydrogen (secondary N) is 1. The van der Waals surface area contributed by atoms with Gasteiger partial charge in [0, 0.05) is 17.7 Å². The summed E-state index contributed by atoms with van der Waals surface area (Å²) < 4.78 is 0. The number of carbonyl (C=O) groups is 1. The minimum Gasteiger partial charge on any atom is -0.267 e. The Morgan fingerprint density at radius 1 is 1.48 bits per heavy atom. The van der Waals surface area contributed by atoms with Crippen LogP contribution in [-0.2, 0) is 0 Å². The molecule has 6 nitrogen and oxygen atoms in total. The third kappa shape index (κ3) is 2.76. The third-order valence-corrected chi connectivity index (χ3v) is 5.21. The van der Waals surface area contributed by atoms with Gasteiger partial charge in [-0.05, 0) is 41.7 Å². The first-order valence-electron chi connectivity index (χ1n) is 7.67. The highest BCUT2D eigenvalue weighted by molar-refractivity contribution is 5.95. The highest BCUT2D eigenvalue weighted by Crippen LogP contribution is 2.58. The first-order valence-corrected chi connectivity index (χ1v) is 7.67. The number of nitrogens with zero attached hydrogens (tertiary/aromatic N) is 2. The van der Waals surface area contributed by atoms with E-state index in [0.717, 1.165) is 17.9 Å². The molecule has 1 saturated carbocycles. The molecule has 3 aliphatic rings. The molecule has 3 aliphatic carbocycles. The monoisotopic (exact) mass is 313 g/mol. The van der Waals surface area contributed by atoms with Gasteiger partial charge >= 0.3 is 0 Å². The summed E-state index contributed by atoms with van der Waals surface area (Å²) in [6.45, 7) is 4.54. The van der Waals surface area contributed by atoms with Gasteiger partial charge in [-0.3, -0.25) is 14.9 Å². The lowest BCUT2D eigenvalue weighted by Gasteiger charge is -2.55. The Hall–Kier alpha value is -2.50. The van der Waals surface area contributed by atoms with Crippen LogP contribution in [0.1, 0.15) is 37.0 Å². The number of rotatable bonds is 4. The van der Waals surface area contributed by atoms with Gasteiger partial charge in [-0.15, -0.1) is 0 Å². The van der Waals surface area contributed by atoms with E-state index >= 15 is 0 Å². The molecule has 1 aromatic rings. The first kappa shape index (κ1) is 15.4. The predicted molar refractivity (Wildman–Crippen MR) is 87.1 cm³/mol. The number of amides is 1. The molecule has 4 rings (SSSR count). The van der Waals surface area contributed by atoms with E-state index in [1.54, 1.807) is 6.21 Å². The highest BCUT2D eigenvalue weighted by Gasteiger charge is 2.50. The minimum absolute atomic E-state index is 0.112. The van der Waals surface area contributed by atoms with Crippen molar-refractivity contribution < 1.29 is 9.72 Å². The molecule has 1 amide bonds. The number of fused-ring (bicyclic) bond motifs is 1. The molecule has 0 saturated heterocycles. The Morgan fingerprint density at radius 3 is 2.91 bits per heavy atom. The SMILES string of the molecule is CC1(C)C2CC=C(/C=N/NC(=O)c3cccc([N+](=O)[O-])c3)C1C2. The number of hydrogen-bond acceptors (Lipinski definition) is 4. The molecule has 1 aromatic carbocycles. The third-order valence-electron chi connectivity index (χ3n) is 5.21. The first-order chi connectivity index (χ1) is 10.9. The second-order valence-corrected chi connectivity index (χ2v) is 6.75. The van der Waals surface area contributed by atoms with Gasteiger partial charge in [-0.1, -0.05) is 26.0 Å². The van der Waals surface area contributed by atoms with E-state index in [-0.39, 0.29) is 11.3 Å². The van der Waals surface area contributed by atoms with Crippen molar-refractivity contribution in [3.05, 3.63) is 51.6 Å². The van der Waals surface area contributed by atoms with Gasteiger partial charge in [0.25, 0.3) is 11.6 Å². The minimum atomic E-state index is -0.526. The zero-order chi connectivity index (χ0) is 16.6. The number of non-ortho nitro benzene ring substituents is 1. The lowest BCUT2D eigenvalue weighted by molar-refractivity contribution is -0.384. The van der Waals surface area contributed by atoms with Crippen molar-refractivity contribution in [3.63, 3.8) is 0 Å². The van der Waals surface area contributed by atoms with Crippen LogP contribution < -0.4 is 5.43 Å². The van der Waals surface area contributed by atoms with Gasteiger partial charge in [-0.25, -0.2) is 5.43 Å². The fourth-order valence-electron chi connectivity index (χ4n) is 3.54. The molecular formula is C17H19N3O3. The zero-order valence-electron chi connectivity index (χ0n) is 13.2. The van der Waals surface area contributed by atoms with Crippen molar-refractivity contribution in [1.82, 2.24) is 5.43 Å². The van der Waals surface area contributed by atoms with Crippen molar-refractivity contribution in [2.75, 3.05) is 0 Å². The number of hydrogen-bond donors (Lipinski definition) is 1. The van der Waals surface area contributed by atoms with E-state index in [0.29, 0.717) is 11.3 Å². The van der Waals surface area contributed by atoms with Crippen LogP contribution in [0.25, 0.3) is 0 Å². The number of nitro benzene ring substituents is 1. The Labute approximate surface area is 134 Å². The molecule has 1 fully saturated rings. The maximum Gasteiger partial charge on any atom is 0.271 e. The maximum atomic E-state index is 12.0. The quantitative estimate of drug-likeness (QED) is 0.526. The molecule has 0 heterocycles. The number of allylic oxidation sites excluding steroid dienone is 2. The lowest BCUT2D eigenvalue weighted by Crippen LogP contribution is -2.48. The van der Waals surface area contributed by atoms with E-state index in [4.69, 9.17) is 0 Å². The Morgan fingerprint density at radius 2 is 2.26 bits per heavy atom. The van der Waals surface area contributed by atoms with Crippen LogP contribution in [0.4, 0.5) is 5.69 Å². The van der Waals surface area contributed by atoms with Gasteiger partial charge < -0.3 is 0 Å². The van der Waals surface area contributed by atoms with Crippen LogP contribution in [0.2, 0.25) is 0 Å². The summed E-state index contributed by atoms with van der Waals surface area (Å²) in [6.07, 6.45) is 6.14. The number of hydrazone groups is 1. The van der Waals surface area contributed by atoms with Crippen LogP contribution in [0, 0.1) is 27.4 Å². The molecule has 6 heteroatoms.